The average Bonchev–Trinajstić information content (AvgIpc) is 2.71. The molecule has 1 heterocycles. The highest BCUT2D eigenvalue weighted by molar-refractivity contribution is 6.34. The van der Waals surface area contributed by atoms with Gasteiger partial charge in [-0.05, 0) is 41.0 Å². The Kier molecular flexibility index (Phi) is 3.66. The van der Waals surface area contributed by atoms with E-state index in [0.717, 1.165) is 22.4 Å². The van der Waals surface area contributed by atoms with Crippen LogP contribution in [0.2, 0.25) is 10.0 Å². The Balaban J connectivity index is 1.98. The number of nitrogens with zero attached hydrogens (tertiary/aromatic N) is 1. The van der Waals surface area contributed by atoms with Gasteiger partial charge < -0.3 is 10.6 Å². The van der Waals surface area contributed by atoms with Crippen LogP contribution in [0, 0.1) is 0 Å². The fraction of sp³-hybridized carbons (Fsp3) is 0.188. The summed E-state index contributed by atoms with van der Waals surface area (Å²) >= 11 is 12.0. The molecule has 2 aromatic rings. The van der Waals surface area contributed by atoms with Crippen molar-refractivity contribution in [2.45, 2.75) is 12.5 Å². The highest BCUT2D eigenvalue weighted by Gasteiger charge is 2.24. The maximum absolute atomic E-state index is 11.7. The first-order valence-corrected chi connectivity index (χ1v) is 7.32. The fourth-order valence-corrected chi connectivity index (χ4v) is 3.17. The third kappa shape index (κ3) is 2.64. The molecular weight excluding hydrogens is 307 g/mol. The van der Waals surface area contributed by atoms with E-state index in [1.807, 2.05) is 30.3 Å². The van der Waals surface area contributed by atoms with Gasteiger partial charge in [0.15, 0.2) is 0 Å². The second kappa shape index (κ2) is 5.34. The zero-order valence-corrected chi connectivity index (χ0v) is 12.9. The van der Waals surface area contributed by atoms with Crippen molar-refractivity contribution in [3.63, 3.8) is 0 Å². The molecule has 1 aliphatic rings. The first-order valence-electron chi connectivity index (χ1n) is 6.56. The molecular formula is C16H14Cl2N2O. The van der Waals surface area contributed by atoms with Crippen molar-refractivity contribution in [3.8, 4) is 0 Å². The van der Waals surface area contributed by atoms with Crippen LogP contribution in [0.25, 0.3) is 0 Å². The predicted molar refractivity (Wildman–Crippen MR) is 86.0 cm³/mol. The van der Waals surface area contributed by atoms with E-state index in [1.165, 1.54) is 0 Å². The lowest BCUT2D eigenvalue weighted by Gasteiger charge is -2.16. The first kappa shape index (κ1) is 14.4. The van der Waals surface area contributed by atoms with E-state index in [9.17, 15) is 4.79 Å². The maximum atomic E-state index is 11.7. The molecule has 1 aliphatic heterocycles. The molecule has 5 heteroatoms. The number of hydrogen-bond donors (Lipinski definition) is 1. The summed E-state index contributed by atoms with van der Waals surface area (Å²) in [6, 6.07) is 10.8. The predicted octanol–water partition coefficient (Wildman–Crippen LogP) is 3.56. The van der Waals surface area contributed by atoms with Gasteiger partial charge in [0, 0.05) is 22.8 Å². The van der Waals surface area contributed by atoms with E-state index < -0.39 is 0 Å². The SMILES string of the molecule is CN1C(=O)Cc2cc(C(N)c3cc(Cl)cc(Cl)c3)ccc21. The summed E-state index contributed by atoms with van der Waals surface area (Å²) < 4.78 is 0. The van der Waals surface area contributed by atoms with Crippen LogP contribution in [0.5, 0.6) is 0 Å². The Hall–Kier alpha value is -1.55. The van der Waals surface area contributed by atoms with Crippen LogP contribution in [0.15, 0.2) is 36.4 Å². The van der Waals surface area contributed by atoms with Crippen molar-refractivity contribution in [2.24, 2.45) is 5.73 Å². The van der Waals surface area contributed by atoms with E-state index in [-0.39, 0.29) is 11.9 Å². The van der Waals surface area contributed by atoms with Gasteiger partial charge in [0.25, 0.3) is 0 Å². The summed E-state index contributed by atoms with van der Waals surface area (Å²) in [7, 11) is 1.78. The Morgan fingerprint density at radius 3 is 2.43 bits per heavy atom. The van der Waals surface area contributed by atoms with Crippen LogP contribution in [0.1, 0.15) is 22.7 Å². The lowest BCUT2D eigenvalue weighted by atomic mass is 9.97. The molecule has 2 N–H and O–H groups in total. The molecule has 0 bridgehead atoms. The van der Waals surface area contributed by atoms with Gasteiger partial charge in [0.05, 0.1) is 12.5 Å². The van der Waals surface area contributed by atoms with Crippen molar-refractivity contribution in [1.29, 1.82) is 0 Å². The number of rotatable bonds is 2. The number of halogens is 2. The molecule has 3 rings (SSSR count). The number of anilines is 1. The molecule has 3 nitrogen and oxygen atoms in total. The van der Waals surface area contributed by atoms with Crippen molar-refractivity contribution in [1.82, 2.24) is 0 Å². The maximum Gasteiger partial charge on any atom is 0.231 e. The average molecular weight is 321 g/mol. The summed E-state index contributed by atoms with van der Waals surface area (Å²) in [6.45, 7) is 0. The highest BCUT2D eigenvalue weighted by Crippen LogP contribution is 2.32. The first-order chi connectivity index (χ1) is 9.95. The second-order valence-electron chi connectivity index (χ2n) is 5.20. The molecule has 108 valence electrons. The minimum absolute atomic E-state index is 0.0986. The van der Waals surface area contributed by atoms with E-state index in [0.29, 0.717) is 16.5 Å². The number of nitrogens with two attached hydrogens (primary N) is 1. The molecule has 0 saturated carbocycles. The van der Waals surface area contributed by atoms with Crippen molar-refractivity contribution in [3.05, 3.63) is 63.1 Å². The molecule has 1 unspecified atom stereocenters. The Morgan fingerprint density at radius 2 is 1.76 bits per heavy atom. The number of likely N-dealkylation sites (N-methyl/N-ethyl adjacent to an activating group) is 1. The standard InChI is InChI=1S/C16H14Cl2N2O/c1-20-14-3-2-9(4-10(14)7-15(20)21)16(19)11-5-12(17)8-13(18)6-11/h2-6,8,16H,7,19H2,1H3. The quantitative estimate of drug-likeness (QED) is 0.919. The molecule has 1 amide bonds. The highest BCUT2D eigenvalue weighted by atomic mass is 35.5. The van der Waals surface area contributed by atoms with Crippen molar-refractivity contribution >= 4 is 34.8 Å². The molecule has 21 heavy (non-hydrogen) atoms. The summed E-state index contributed by atoms with van der Waals surface area (Å²) in [5.41, 5.74) is 10.0. The zero-order chi connectivity index (χ0) is 15.1. The molecule has 0 fully saturated rings. The third-order valence-corrected chi connectivity index (χ3v) is 4.22. The number of benzene rings is 2. The van der Waals surface area contributed by atoms with Gasteiger partial charge in [0.2, 0.25) is 5.91 Å². The number of carbonyl (C=O) groups excluding carboxylic acids is 1. The summed E-state index contributed by atoms with van der Waals surface area (Å²) in [5, 5.41) is 1.12. The normalized spacial score (nSPS) is 15.2. The minimum atomic E-state index is -0.326. The topological polar surface area (TPSA) is 46.3 Å². The Labute approximate surface area is 133 Å². The van der Waals surface area contributed by atoms with Crippen LogP contribution in [0.3, 0.4) is 0 Å². The Bertz CT molecular complexity index is 710. The molecule has 2 aromatic carbocycles. The van der Waals surface area contributed by atoms with Crippen molar-refractivity contribution in [2.75, 3.05) is 11.9 Å². The Morgan fingerprint density at radius 1 is 1.10 bits per heavy atom. The van der Waals surface area contributed by atoms with Gasteiger partial charge in [-0.2, -0.15) is 0 Å². The summed E-state index contributed by atoms with van der Waals surface area (Å²) in [5.74, 6) is 0.0986. The van der Waals surface area contributed by atoms with Crippen LogP contribution < -0.4 is 10.6 Å². The van der Waals surface area contributed by atoms with Crippen LogP contribution >= 0.6 is 23.2 Å². The number of carbonyl (C=O) groups is 1. The van der Waals surface area contributed by atoms with Gasteiger partial charge in [-0.3, -0.25) is 4.79 Å². The largest absolute Gasteiger partial charge is 0.320 e. The smallest absolute Gasteiger partial charge is 0.231 e. The lowest BCUT2D eigenvalue weighted by Crippen LogP contribution is -2.20. The van der Waals surface area contributed by atoms with Gasteiger partial charge in [-0.25, -0.2) is 0 Å². The van der Waals surface area contributed by atoms with Crippen molar-refractivity contribution < 1.29 is 4.79 Å². The van der Waals surface area contributed by atoms with Gasteiger partial charge >= 0.3 is 0 Å². The molecule has 0 radical (unpaired) electrons. The zero-order valence-electron chi connectivity index (χ0n) is 11.4. The monoisotopic (exact) mass is 320 g/mol. The van der Waals surface area contributed by atoms with Gasteiger partial charge in [-0.15, -0.1) is 0 Å². The van der Waals surface area contributed by atoms with Crippen LogP contribution in [0.4, 0.5) is 5.69 Å². The third-order valence-electron chi connectivity index (χ3n) is 3.78. The number of hydrogen-bond acceptors (Lipinski definition) is 2. The number of amides is 1. The van der Waals surface area contributed by atoms with Crippen LogP contribution in [-0.2, 0) is 11.2 Å². The van der Waals surface area contributed by atoms with Gasteiger partial charge in [-0.1, -0.05) is 35.3 Å². The lowest BCUT2D eigenvalue weighted by molar-refractivity contribution is -0.117. The second-order valence-corrected chi connectivity index (χ2v) is 6.07. The minimum Gasteiger partial charge on any atom is -0.320 e. The molecule has 0 aromatic heterocycles. The van der Waals surface area contributed by atoms with E-state index in [1.54, 1.807) is 18.0 Å². The van der Waals surface area contributed by atoms with E-state index in [4.69, 9.17) is 28.9 Å². The molecule has 1 atom stereocenters. The molecule has 0 saturated heterocycles. The van der Waals surface area contributed by atoms with E-state index >= 15 is 0 Å². The fourth-order valence-electron chi connectivity index (χ4n) is 2.63. The molecule has 0 aliphatic carbocycles. The summed E-state index contributed by atoms with van der Waals surface area (Å²) in [4.78, 5) is 13.4. The molecule has 0 spiro atoms. The van der Waals surface area contributed by atoms with E-state index in [2.05, 4.69) is 0 Å². The summed E-state index contributed by atoms with van der Waals surface area (Å²) in [6.07, 6.45) is 0.419. The van der Waals surface area contributed by atoms with Crippen LogP contribution in [-0.4, -0.2) is 13.0 Å². The number of fused-ring (bicyclic) bond motifs is 1. The van der Waals surface area contributed by atoms with Gasteiger partial charge in [0.1, 0.15) is 0 Å².